The van der Waals surface area contributed by atoms with Crippen molar-refractivity contribution >= 4 is 33.2 Å². The van der Waals surface area contributed by atoms with Gasteiger partial charge in [-0.2, -0.15) is 4.31 Å². The number of rotatable bonds is 8. The second-order valence-electron chi connectivity index (χ2n) is 5.61. The van der Waals surface area contributed by atoms with Gasteiger partial charge in [-0.15, -0.1) is 0 Å². The number of ether oxygens (including phenoxy) is 1. The molecule has 2 aromatic carbocycles. The molecule has 0 aliphatic rings. The maximum absolute atomic E-state index is 13.6. The number of halogens is 3. The minimum Gasteiger partial charge on any atom is -0.482 e. The van der Waals surface area contributed by atoms with Gasteiger partial charge in [0.2, 0.25) is 10.0 Å². The van der Waals surface area contributed by atoms with Crippen LogP contribution in [-0.2, 0) is 14.8 Å². The van der Waals surface area contributed by atoms with Gasteiger partial charge in [-0.3, -0.25) is 4.79 Å². The molecule has 0 aliphatic carbocycles. The van der Waals surface area contributed by atoms with Crippen molar-refractivity contribution in [3.8, 4) is 5.75 Å². The first-order valence-corrected chi connectivity index (χ1v) is 10.2. The molecule has 0 spiro atoms. The fourth-order valence-electron chi connectivity index (χ4n) is 2.44. The molecule has 2 rings (SSSR count). The van der Waals surface area contributed by atoms with E-state index in [1.54, 1.807) is 13.8 Å². The highest BCUT2D eigenvalue weighted by molar-refractivity contribution is 7.89. The van der Waals surface area contributed by atoms with E-state index in [9.17, 15) is 22.0 Å². The lowest BCUT2D eigenvalue weighted by molar-refractivity contribution is -0.118. The van der Waals surface area contributed by atoms with Gasteiger partial charge in [0.05, 0.1) is 0 Å². The lowest BCUT2D eigenvalue weighted by atomic mass is 10.3. The van der Waals surface area contributed by atoms with E-state index in [4.69, 9.17) is 16.3 Å². The van der Waals surface area contributed by atoms with Gasteiger partial charge in [-0.1, -0.05) is 31.5 Å². The van der Waals surface area contributed by atoms with Crippen molar-refractivity contribution in [2.24, 2.45) is 0 Å². The first-order chi connectivity index (χ1) is 13.2. The molecule has 2 aromatic rings. The van der Waals surface area contributed by atoms with Gasteiger partial charge in [0, 0.05) is 18.1 Å². The minimum atomic E-state index is -3.90. The lowest BCUT2D eigenvalue weighted by Gasteiger charge is -2.20. The van der Waals surface area contributed by atoms with Gasteiger partial charge in [0.1, 0.15) is 28.0 Å². The Bertz CT molecular complexity index is 946. The zero-order chi connectivity index (χ0) is 20.9. The number of para-hydroxylation sites is 1. The molecule has 10 heteroatoms. The fraction of sp³-hybridized carbons (Fsp3) is 0.278. The third kappa shape index (κ3) is 4.98. The largest absolute Gasteiger partial charge is 0.482 e. The van der Waals surface area contributed by atoms with E-state index in [2.05, 4.69) is 5.32 Å². The Morgan fingerprint density at radius 1 is 1.14 bits per heavy atom. The molecular formula is C18H19ClF2N2O4S. The topological polar surface area (TPSA) is 75.7 Å². The van der Waals surface area contributed by atoms with Crippen LogP contribution in [0.3, 0.4) is 0 Å². The van der Waals surface area contributed by atoms with Gasteiger partial charge in [-0.25, -0.2) is 17.2 Å². The Labute approximate surface area is 167 Å². The molecule has 0 unspecified atom stereocenters. The Balaban J connectivity index is 2.22. The molecule has 0 saturated heterocycles. The summed E-state index contributed by atoms with van der Waals surface area (Å²) in [6, 6.07) is 7.09. The van der Waals surface area contributed by atoms with Gasteiger partial charge in [0.25, 0.3) is 5.91 Å². The summed E-state index contributed by atoms with van der Waals surface area (Å²) in [4.78, 5) is 11.8. The van der Waals surface area contributed by atoms with E-state index >= 15 is 0 Å². The van der Waals surface area contributed by atoms with Gasteiger partial charge in [0.15, 0.2) is 6.61 Å². The monoisotopic (exact) mass is 432 g/mol. The normalized spacial score (nSPS) is 11.5. The molecule has 0 heterocycles. The van der Waals surface area contributed by atoms with Crippen LogP contribution in [0.5, 0.6) is 5.75 Å². The predicted octanol–water partition coefficient (Wildman–Crippen LogP) is 3.67. The smallest absolute Gasteiger partial charge is 0.262 e. The van der Waals surface area contributed by atoms with Crippen LogP contribution >= 0.6 is 11.6 Å². The predicted molar refractivity (Wildman–Crippen MR) is 102 cm³/mol. The molecule has 1 N–H and O–H groups in total. The maximum Gasteiger partial charge on any atom is 0.262 e. The zero-order valence-electron chi connectivity index (χ0n) is 15.2. The highest BCUT2D eigenvalue weighted by Crippen LogP contribution is 2.30. The molecule has 28 heavy (non-hydrogen) atoms. The summed E-state index contributed by atoms with van der Waals surface area (Å²) in [7, 11) is -3.90. The Kier molecular flexibility index (Phi) is 7.34. The number of nitrogens with zero attached hydrogens (tertiary/aromatic N) is 1. The highest BCUT2D eigenvalue weighted by Gasteiger charge is 2.26. The average Bonchev–Trinajstić information content (AvgIpc) is 2.64. The van der Waals surface area contributed by atoms with Crippen LogP contribution in [0, 0.1) is 11.6 Å². The van der Waals surface area contributed by atoms with Gasteiger partial charge >= 0.3 is 0 Å². The number of sulfonamides is 1. The highest BCUT2D eigenvalue weighted by atomic mass is 35.5. The molecule has 6 nitrogen and oxygen atoms in total. The summed E-state index contributed by atoms with van der Waals surface area (Å²) in [6.07, 6.45) is 0. The second kappa shape index (κ2) is 9.31. The molecule has 0 aromatic heterocycles. The summed E-state index contributed by atoms with van der Waals surface area (Å²) in [5.41, 5.74) is -0.608. The number of nitrogens with one attached hydrogen (secondary N) is 1. The number of carbonyl (C=O) groups is 1. The Hall–Kier alpha value is -2.23. The minimum absolute atomic E-state index is 0.0968. The molecule has 0 atom stereocenters. The van der Waals surface area contributed by atoms with Gasteiger partial charge < -0.3 is 10.1 Å². The van der Waals surface area contributed by atoms with E-state index in [1.807, 2.05) is 0 Å². The number of amides is 1. The summed E-state index contributed by atoms with van der Waals surface area (Å²) < 4.78 is 59.3. The van der Waals surface area contributed by atoms with E-state index in [1.165, 1.54) is 22.5 Å². The standard InChI is InChI=1S/C18H19ClF2N2O4S/c1-3-23(4-2)28(25,26)16-10-12(19)8-9-15(16)27-11-17(24)22-18-13(20)6-5-7-14(18)21/h5-10H,3-4,11H2,1-2H3,(H,22,24). The maximum atomic E-state index is 13.6. The molecule has 0 saturated carbocycles. The van der Waals surface area contributed by atoms with Crippen LogP contribution < -0.4 is 10.1 Å². The molecule has 152 valence electrons. The van der Waals surface area contributed by atoms with Crippen LogP contribution in [0.2, 0.25) is 5.02 Å². The van der Waals surface area contributed by atoms with Crippen molar-refractivity contribution in [1.29, 1.82) is 0 Å². The molecule has 0 fully saturated rings. The Morgan fingerprint density at radius 3 is 2.32 bits per heavy atom. The second-order valence-corrected chi connectivity index (χ2v) is 7.96. The molecule has 0 bridgehead atoms. The molecular weight excluding hydrogens is 414 g/mol. The van der Waals surface area contributed by atoms with Crippen LogP contribution in [0.4, 0.5) is 14.5 Å². The number of anilines is 1. The summed E-state index contributed by atoms with van der Waals surface area (Å²) >= 11 is 5.92. The van der Waals surface area contributed by atoms with Crippen LogP contribution in [-0.4, -0.2) is 38.3 Å². The van der Waals surface area contributed by atoms with E-state index in [-0.39, 0.29) is 28.8 Å². The van der Waals surface area contributed by atoms with Crippen molar-refractivity contribution in [3.05, 3.63) is 53.1 Å². The average molecular weight is 433 g/mol. The molecule has 0 aliphatic heterocycles. The molecule has 0 radical (unpaired) electrons. The SMILES string of the molecule is CCN(CC)S(=O)(=O)c1cc(Cl)ccc1OCC(=O)Nc1c(F)cccc1F. The van der Waals surface area contributed by atoms with Crippen molar-refractivity contribution in [1.82, 2.24) is 4.31 Å². The number of benzene rings is 2. The quantitative estimate of drug-likeness (QED) is 0.690. The molecule has 1 amide bonds. The van der Waals surface area contributed by atoms with Crippen molar-refractivity contribution in [2.75, 3.05) is 25.0 Å². The van der Waals surface area contributed by atoms with E-state index in [0.29, 0.717) is 0 Å². The number of carbonyl (C=O) groups excluding carboxylic acids is 1. The number of hydrogen-bond acceptors (Lipinski definition) is 4. The third-order valence-corrected chi connectivity index (χ3v) is 6.12. The third-order valence-electron chi connectivity index (χ3n) is 3.81. The Morgan fingerprint density at radius 2 is 1.75 bits per heavy atom. The van der Waals surface area contributed by atoms with E-state index in [0.717, 1.165) is 18.2 Å². The van der Waals surface area contributed by atoms with Crippen LogP contribution in [0.25, 0.3) is 0 Å². The summed E-state index contributed by atoms with van der Waals surface area (Å²) in [5, 5.41) is 2.24. The fourth-order valence-corrected chi connectivity index (χ4v) is 4.29. The first kappa shape index (κ1) is 22.1. The summed E-state index contributed by atoms with van der Waals surface area (Å²) in [5.74, 6) is -2.83. The lowest BCUT2D eigenvalue weighted by Crippen LogP contribution is -2.31. The van der Waals surface area contributed by atoms with Crippen molar-refractivity contribution in [2.45, 2.75) is 18.7 Å². The van der Waals surface area contributed by atoms with Crippen LogP contribution in [0.1, 0.15) is 13.8 Å². The van der Waals surface area contributed by atoms with Gasteiger partial charge in [-0.05, 0) is 30.3 Å². The van der Waals surface area contributed by atoms with Crippen LogP contribution in [0.15, 0.2) is 41.3 Å². The zero-order valence-corrected chi connectivity index (χ0v) is 16.8. The van der Waals surface area contributed by atoms with Crippen molar-refractivity contribution < 1.29 is 26.7 Å². The summed E-state index contributed by atoms with van der Waals surface area (Å²) in [6.45, 7) is 3.18. The van der Waals surface area contributed by atoms with E-state index < -0.39 is 39.9 Å². The first-order valence-electron chi connectivity index (χ1n) is 8.37. The van der Waals surface area contributed by atoms with Crippen molar-refractivity contribution in [3.63, 3.8) is 0 Å². The number of hydrogen-bond donors (Lipinski definition) is 1.